The summed E-state index contributed by atoms with van der Waals surface area (Å²) in [6, 6.07) is 6.14. The number of amides is 1. The Balaban J connectivity index is 2.82. The van der Waals surface area contributed by atoms with Gasteiger partial charge in [0.1, 0.15) is 16.7 Å². The Morgan fingerprint density at radius 3 is 2.38 bits per heavy atom. The third kappa shape index (κ3) is 3.06. The van der Waals surface area contributed by atoms with Gasteiger partial charge in [-0.15, -0.1) is 0 Å². The summed E-state index contributed by atoms with van der Waals surface area (Å²) in [6.45, 7) is 5.27. The van der Waals surface area contributed by atoms with E-state index in [4.69, 9.17) is 0 Å². The highest BCUT2D eigenvalue weighted by Gasteiger charge is 2.22. The van der Waals surface area contributed by atoms with Crippen molar-refractivity contribution in [3.63, 3.8) is 0 Å². The molecule has 0 aliphatic carbocycles. The normalized spacial score (nSPS) is 13.2. The summed E-state index contributed by atoms with van der Waals surface area (Å²) in [5.74, 6) is -0.655. The second kappa shape index (κ2) is 4.65. The molecule has 88 valence electrons. The number of phenols is 1. The smallest absolute Gasteiger partial charge is 0.266 e. The lowest BCUT2D eigenvalue weighted by Crippen LogP contribution is -2.37. The molecule has 5 heteroatoms. The van der Waals surface area contributed by atoms with Crippen LogP contribution in [0, 0.1) is 0 Å². The van der Waals surface area contributed by atoms with Gasteiger partial charge in [0, 0.05) is 0 Å². The number of nitrogens with one attached hydrogen (secondary N) is 1. The maximum Gasteiger partial charge on any atom is 0.266 e. The summed E-state index contributed by atoms with van der Waals surface area (Å²) >= 11 is 0. The summed E-state index contributed by atoms with van der Waals surface area (Å²) in [5, 5.41) is 9.44. The fourth-order valence-electron chi connectivity index (χ4n) is 0.958. The van der Waals surface area contributed by atoms with Crippen molar-refractivity contribution < 1.29 is 14.1 Å². The van der Waals surface area contributed by atoms with Crippen LogP contribution in [0.25, 0.3) is 0 Å². The molecule has 1 atom stereocenters. The Labute approximate surface area is 97.3 Å². The molecule has 0 saturated carbocycles. The first-order valence-corrected chi connectivity index (χ1v) is 5.98. The number of rotatable bonds is 2. The van der Waals surface area contributed by atoms with Gasteiger partial charge in [-0.3, -0.25) is 9.52 Å². The van der Waals surface area contributed by atoms with Crippen LogP contribution in [0.1, 0.15) is 31.1 Å². The minimum absolute atomic E-state index is 0.120. The van der Waals surface area contributed by atoms with Crippen LogP contribution in [0.15, 0.2) is 24.3 Å². The van der Waals surface area contributed by atoms with E-state index in [9.17, 15) is 14.1 Å². The van der Waals surface area contributed by atoms with E-state index in [0.29, 0.717) is 0 Å². The lowest BCUT2D eigenvalue weighted by atomic mass is 10.2. The highest BCUT2D eigenvalue weighted by molar-refractivity contribution is 7.85. The van der Waals surface area contributed by atoms with Gasteiger partial charge in [0.25, 0.3) is 5.91 Å². The molecule has 1 aromatic rings. The van der Waals surface area contributed by atoms with Crippen molar-refractivity contribution in [1.82, 2.24) is 4.72 Å². The zero-order valence-electron chi connectivity index (χ0n) is 9.48. The first-order chi connectivity index (χ1) is 7.32. The number of hydrogen-bond acceptors (Lipinski definition) is 3. The second-order valence-corrected chi connectivity index (χ2v) is 6.30. The molecule has 0 aliphatic heterocycles. The molecule has 4 nitrogen and oxygen atoms in total. The molecule has 1 aromatic carbocycles. The van der Waals surface area contributed by atoms with Crippen molar-refractivity contribution in [3.8, 4) is 5.75 Å². The highest BCUT2D eigenvalue weighted by atomic mass is 32.2. The van der Waals surface area contributed by atoms with Gasteiger partial charge in [0.2, 0.25) is 0 Å². The minimum Gasteiger partial charge on any atom is -0.507 e. The van der Waals surface area contributed by atoms with Gasteiger partial charge in [0.05, 0.1) is 10.3 Å². The summed E-state index contributed by atoms with van der Waals surface area (Å²) < 4.78 is 13.5. The van der Waals surface area contributed by atoms with Gasteiger partial charge in [-0.25, -0.2) is 4.21 Å². The number of aromatic hydroxyl groups is 1. The molecule has 0 bridgehead atoms. The van der Waals surface area contributed by atoms with Crippen LogP contribution in [0.3, 0.4) is 0 Å². The highest BCUT2D eigenvalue weighted by Crippen LogP contribution is 2.16. The fourth-order valence-corrected chi connectivity index (χ4v) is 1.54. The molecule has 0 fully saturated rings. The van der Waals surface area contributed by atoms with Crippen molar-refractivity contribution in [3.05, 3.63) is 29.8 Å². The zero-order valence-corrected chi connectivity index (χ0v) is 10.3. The molecule has 2 N–H and O–H groups in total. The molecule has 0 radical (unpaired) electrons. The Morgan fingerprint density at radius 1 is 1.31 bits per heavy atom. The molecule has 1 rings (SSSR count). The largest absolute Gasteiger partial charge is 0.507 e. The quantitative estimate of drug-likeness (QED) is 0.826. The molecule has 0 aliphatic rings. The van der Waals surface area contributed by atoms with Crippen molar-refractivity contribution in [2.75, 3.05) is 0 Å². The predicted octanol–water partition coefficient (Wildman–Crippen LogP) is 1.58. The number of hydrogen-bond donors (Lipinski definition) is 2. The molecule has 0 heterocycles. The van der Waals surface area contributed by atoms with Crippen LogP contribution in [0.4, 0.5) is 0 Å². The Morgan fingerprint density at radius 2 is 1.88 bits per heavy atom. The van der Waals surface area contributed by atoms with E-state index in [2.05, 4.69) is 4.72 Å². The molecule has 1 amide bonds. The lowest BCUT2D eigenvalue weighted by molar-refractivity contribution is 0.0979. The van der Waals surface area contributed by atoms with Crippen LogP contribution in [-0.2, 0) is 11.0 Å². The van der Waals surface area contributed by atoms with E-state index < -0.39 is 21.6 Å². The van der Waals surface area contributed by atoms with Gasteiger partial charge >= 0.3 is 0 Å². The van der Waals surface area contributed by atoms with Crippen LogP contribution in [0.2, 0.25) is 0 Å². The van der Waals surface area contributed by atoms with E-state index in [1.807, 2.05) is 0 Å². The fraction of sp³-hybridized carbons (Fsp3) is 0.364. The number of carbonyl (C=O) groups is 1. The summed E-state index contributed by atoms with van der Waals surface area (Å²) in [4.78, 5) is 11.7. The van der Waals surface area contributed by atoms with Gasteiger partial charge in [-0.1, -0.05) is 12.1 Å². The number of carbonyl (C=O) groups excluding carboxylic acids is 1. The van der Waals surface area contributed by atoms with Gasteiger partial charge in [-0.2, -0.15) is 0 Å². The lowest BCUT2D eigenvalue weighted by Gasteiger charge is -2.17. The Bertz CT molecular complexity index is 423. The standard InChI is InChI=1S/C11H15NO3S/c1-11(2,3)16(15)12-10(14)8-6-4-5-7-9(8)13/h4-7,13H,1-3H3,(H,12,14)/t16-/m1/s1. The predicted molar refractivity (Wildman–Crippen MR) is 63.5 cm³/mol. The minimum atomic E-state index is -1.49. The summed E-state index contributed by atoms with van der Waals surface area (Å²) in [5.41, 5.74) is 0.125. The van der Waals surface area contributed by atoms with Crippen LogP contribution >= 0.6 is 0 Å². The van der Waals surface area contributed by atoms with Crippen LogP contribution in [0.5, 0.6) is 5.75 Å². The van der Waals surface area contributed by atoms with E-state index in [1.54, 1.807) is 32.9 Å². The van der Waals surface area contributed by atoms with E-state index >= 15 is 0 Å². The number of para-hydroxylation sites is 1. The number of benzene rings is 1. The average Bonchev–Trinajstić information content (AvgIpc) is 2.16. The van der Waals surface area contributed by atoms with Crippen molar-refractivity contribution in [1.29, 1.82) is 0 Å². The zero-order chi connectivity index (χ0) is 12.3. The first-order valence-electron chi connectivity index (χ1n) is 4.83. The topological polar surface area (TPSA) is 66.4 Å². The van der Waals surface area contributed by atoms with Crippen molar-refractivity contribution in [2.24, 2.45) is 0 Å². The second-order valence-electron chi connectivity index (χ2n) is 4.33. The molecule has 0 saturated heterocycles. The monoisotopic (exact) mass is 241 g/mol. The molecule has 0 unspecified atom stereocenters. The van der Waals surface area contributed by atoms with Crippen LogP contribution in [-0.4, -0.2) is 20.0 Å². The van der Waals surface area contributed by atoms with Crippen molar-refractivity contribution >= 4 is 16.9 Å². The third-order valence-corrected chi connectivity index (χ3v) is 3.37. The molecular weight excluding hydrogens is 226 g/mol. The summed E-state index contributed by atoms with van der Waals surface area (Å²) in [6.07, 6.45) is 0. The molecule has 0 aromatic heterocycles. The van der Waals surface area contributed by atoms with Gasteiger partial charge in [0.15, 0.2) is 0 Å². The Hall–Kier alpha value is -1.36. The molecule has 16 heavy (non-hydrogen) atoms. The number of phenolic OH excluding ortho intramolecular Hbond substituents is 1. The SMILES string of the molecule is CC(C)(C)[S@@](=O)NC(=O)c1ccccc1O. The van der Waals surface area contributed by atoms with E-state index in [-0.39, 0.29) is 11.3 Å². The van der Waals surface area contributed by atoms with Gasteiger partial charge in [-0.05, 0) is 32.9 Å². The molecule has 0 spiro atoms. The van der Waals surface area contributed by atoms with Gasteiger partial charge < -0.3 is 5.11 Å². The Kier molecular flexibility index (Phi) is 3.70. The summed E-state index contributed by atoms with van der Waals surface area (Å²) in [7, 11) is -1.49. The maximum absolute atomic E-state index is 11.7. The van der Waals surface area contributed by atoms with E-state index in [0.717, 1.165) is 0 Å². The van der Waals surface area contributed by atoms with E-state index in [1.165, 1.54) is 12.1 Å². The van der Waals surface area contributed by atoms with Crippen LogP contribution < -0.4 is 4.72 Å². The molecular formula is C11H15NO3S. The first kappa shape index (κ1) is 12.7. The maximum atomic E-state index is 11.7. The average molecular weight is 241 g/mol. The van der Waals surface area contributed by atoms with Crippen molar-refractivity contribution in [2.45, 2.75) is 25.5 Å². The third-order valence-electron chi connectivity index (χ3n) is 1.89.